The smallest absolute Gasteiger partial charge is 0.144 e. The van der Waals surface area contributed by atoms with E-state index in [1.807, 2.05) is 6.20 Å². The minimum absolute atomic E-state index is 0.477. The van der Waals surface area contributed by atoms with Crippen LogP contribution in [0, 0.1) is 0 Å². The number of nitrogens with zero attached hydrogens (tertiary/aromatic N) is 1. The van der Waals surface area contributed by atoms with Crippen molar-refractivity contribution in [3.63, 3.8) is 0 Å². The molecule has 3 heteroatoms. The van der Waals surface area contributed by atoms with Crippen LogP contribution in [0.2, 0.25) is 19.6 Å². The number of hydrogen-bond donors (Lipinski definition) is 0. The van der Waals surface area contributed by atoms with Crippen LogP contribution in [0.1, 0.15) is 25.3 Å². The lowest BCUT2D eigenvalue weighted by atomic mass is 10.0. The van der Waals surface area contributed by atoms with Crippen molar-refractivity contribution in [1.29, 1.82) is 0 Å². The summed E-state index contributed by atoms with van der Waals surface area (Å²) >= 11 is 0. The summed E-state index contributed by atoms with van der Waals surface area (Å²) < 4.78 is 6.49. The van der Waals surface area contributed by atoms with E-state index in [-0.39, 0.29) is 0 Å². The number of benzene rings is 2. The Morgan fingerprint density at radius 2 is 1.58 bits per heavy atom. The van der Waals surface area contributed by atoms with Gasteiger partial charge in [0.2, 0.25) is 0 Å². The Kier molecular flexibility index (Phi) is 4.00. The molecule has 0 unspecified atom stereocenters. The number of hydrogen-bond acceptors (Lipinski definition) is 2. The predicted octanol–water partition coefficient (Wildman–Crippen LogP) is 6.32. The fourth-order valence-electron chi connectivity index (χ4n) is 3.57. The first-order valence-corrected chi connectivity index (χ1v) is 12.8. The Labute approximate surface area is 155 Å². The molecule has 0 N–H and O–H groups in total. The van der Waals surface area contributed by atoms with Gasteiger partial charge in [-0.15, -0.1) is 0 Å². The highest BCUT2D eigenvalue weighted by Crippen LogP contribution is 2.35. The van der Waals surface area contributed by atoms with E-state index in [1.165, 1.54) is 21.5 Å². The van der Waals surface area contributed by atoms with Gasteiger partial charge in [0.05, 0.1) is 13.8 Å². The van der Waals surface area contributed by atoms with Gasteiger partial charge in [-0.25, -0.2) is 0 Å². The molecule has 26 heavy (non-hydrogen) atoms. The lowest BCUT2D eigenvalue weighted by molar-refractivity contribution is 0.672. The summed E-state index contributed by atoms with van der Waals surface area (Å²) in [4.78, 5) is 4.63. The average Bonchev–Trinajstić information content (AvgIpc) is 2.99. The van der Waals surface area contributed by atoms with Crippen LogP contribution >= 0.6 is 0 Å². The summed E-state index contributed by atoms with van der Waals surface area (Å²) in [5.41, 5.74) is 5.35. The standard InChI is InChI=1S/C23H25NOSi/c1-15(2)16-12-13-24-20(14-16)19-10-6-8-17-18-9-7-11-21(26(3,4)5)23(18)25-22(17)19/h6-15H,1-5H3. The van der Waals surface area contributed by atoms with Crippen molar-refractivity contribution < 1.29 is 4.42 Å². The Morgan fingerprint density at radius 3 is 2.27 bits per heavy atom. The average molecular weight is 360 g/mol. The molecular formula is C23H25NOSi. The van der Waals surface area contributed by atoms with E-state index < -0.39 is 8.07 Å². The molecule has 0 aliphatic heterocycles. The molecule has 2 heterocycles. The SMILES string of the molecule is CC(C)c1ccnc(-c2cccc3c2oc2c([Si](C)(C)C)cccc23)c1. The summed E-state index contributed by atoms with van der Waals surface area (Å²) in [6, 6.07) is 17.2. The second kappa shape index (κ2) is 6.10. The number of rotatable bonds is 3. The number of fused-ring (bicyclic) bond motifs is 3. The van der Waals surface area contributed by atoms with E-state index in [4.69, 9.17) is 4.42 Å². The number of pyridine rings is 1. The Morgan fingerprint density at radius 1 is 0.885 bits per heavy atom. The maximum absolute atomic E-state index is 6.49. The maximum atomic E-state index is 6.49. The zero-order valence-corrected chi connectivity index (χ0v) is 17.1. The van der Waals surface area contributed by atoms with E-state index in [2.05, 4.69) is 87.0 Å². The van der Waals surface area contributed by atoms with Gasteiger partial charge in [-0.1, -0.05) is 63.8 Å². The van der Waals surface area contributed by atoms with Crippen molar-refractivity contribution in [3.05, 3.63) is 60.3 Å². The molecule has 132 valence electrons. The molecule has 0 radical (unpaired) electrons. The van der Waals surface area contributed by atoms with Gasteiger partial charge in [0, 0.05) is 22.5 Å². The molecule has 2 aromatic carbocycles. The molecule has 0 aliphatic rings. The van der Waals surface area contributed by atoms with Crippen LogP contribution < -0.4 is 5.19 Å². The predicted molar refractivity (Wildman–Crippen MR) is 114 cm³/mol. The van der Waals surface area contributed by atoms with Crippen LogP contribution in [0.25, 0.3) is 33.2 Å². The van der Waals surface area contributed by atoms with E-state index in [9.17, 15) is 0 Å². The Balaban J connectivity index is 2.02. The van der Waals surface area contributed by atoms with Gasteiger partial charge in [-0.2, -0.15) is 0 Å². The summed E-state index contributed by atoms with van der Waals surface area (Å²) in [6.45, 7) is 11.5. The highest BCUT2D eigenvalue weighted by Gasteiger charge is 2.23. The highest BCUT2D eigenvalue weighted by molar-refractivity contribution is 6.90. The Hall–Kier alpha value is -2.39. The van der Waals surface area contributed by atoms with Crippen LogP contribution in [-0.4, -0.2) is 13.1 Å². The summed E-state index contributed by atoms with van der Waals surface area (Å²) in [5.74, 6) is 0.477. The topological polar surface area (TPSA) is 26.0 Å². The third-order valence-electron chi connectivity index (χ3n) is 5.06. The van der Waals surface area contributed by atoms with Crippen molar-refractivity contribution in [1.82, 2.24) is 4.98 Å². The normalized spacial score (nSPS) is 12.4. The molecule has 0 saturated heterocycles. The first-order chi connectivity index (χ1) is 12.4. The van der Waals surface area contributed by atoms with E-state index in [1.54, 1.807) is 0 Å². The maximum Gasteiger partial charge on any atom is 0.144 e. The molecule has 0 amide bonds. The van der Waals surface area contributed by atoms with Crippen LogP contribution in [0.5, 0.6) is 0 Å². The van der Waals surface area contributed by atoms with E-state index in [0.29, 0.717) is 5.92 Å². The first kappa shape index (κ1) is 17.0. The van der Waals surface area contributed by atoms with Crippen LogP contribution in [-0.2, 0) is 0 Å². The fraction of sp³-hybridized carbons (Fsp3) is 0.261. The molecule has 2 nitrogen and oxygen atoms in total. The van der Waals surface area contributed by atoms with Crippen LogP contribution in [0.15, 0.2) is 59.1 Å². The first-order valence-electron chi connectivity index (χ1n) is 9.27. The third kappa shape index (κ3) is 2.76. The molecule has 0 atom stereocenters. The minimum Gasteiger partial charge on any atom is -0.455 e. The molecule has 4 rings (SSSR count). The molecule has 0 bridgehead atoms. The van der Waals surface area contributed by atoms with Gasteiger partial charge >= 0.3 is 0 Å². The summed E-state index contributed by atoms with van der Waals surface area (Å²) in [5, 5.41) is 3.76. The zero-order valence-electron chi connectivity index (χ0n) is 16.1. The van der Waals surface area contributed by atoms with Crippen molar-refractivity contribution in [2.75, 3.05) is 0 Å². The van der Waals surface area contributed by atoms with Gasteiger partial charge in [0.15, 0.2) is 0 Å². The number of aromatic nitrogens is 1. The van der Waals surface area contributed by atoms with Crippen molar-refractivity contribution in [3.8, 4) is 11.3 Å². The van der Waals surface area contributed by atoms with Gasteiger partial charge in [-0.05, 0) is 34.9 Å². The molecule has 2 aromatic heterocycles. The Bertz CT molecular complexity index is 1100. The quantitative estimate of drug-likeness (QED) is 0.400. The van der Waals surface area contributed by atoms with Gasteiger partial charge in [0.1, 0.15) is 11.2 Å². The van der Waals surface area contributed by atoms with Crippen molar-refractivity contribution in [2.45, 2.75) is 39.4 Å². The lowest BCUT2D eigenvalue weighted by Gasteiger charge is -2.16. The molecule has 0 saturated carbocycles. The molecule has 0 aliphatic carbocycles. The largest absolute Gasteiger partial charge is 0.455 e. The van der Waals surface area contributed by atoms with Crippen molar-refractivity contribution in [2.24, 2.45) is 0 Å². The number of furan rings is 1. The van der Waals surface area contributed by atoms with Crippen LogP contribution in [0.4, 0.5) is 0 Å². The van der Waals surface area contributed by atoms with Gasteiger partial charge in [-0.3, -0.25) is 4.98 Å². The lowest BCUT2D eigenvalue weighted by Crippen LogP contribution is -2.37. The van der Waals surface area contributed by atoms with E-state index >= 15 is 0 Å². The molecule has 0 spiro atoms. The summed E-state index contributed by atoms with van der Waals surface area (Å²) in [6.07, 6.45) is 1.90. The second-order valence-corrected chi connectivity index (χ2v) is 13.4. The van der Waals surface area contributed by atoms with Crippen molar-refractivity contribution >= 4 is 35.2 Å². The van der Waals surface area contributed by atoms with E-state index in [0.717, 1.165) is 22.4 Å². The minimum atomic E-state index is -1.49. The molecular weight excluding hydrogens is 334 g/mol. The zero-order chi connectivity index (χ0) is 18.5. The second-order valence-electron chi connectivity index (χ2n) is 8.35. The monoisotopic (exact) mass is 359 g/mol. The van der Waals surface area contributed by atoms with Crippen LogP contribution in [0.3, 0.4) is 0 Å². The molecule has 0 fully saturated rings. The molecule has 4 aromatic rings. The fourth-order valence-corrected chi connectivity index (χ4v) is 5.03. The van der Waals surface area contributed by atoms with Gasteiger partial charge < -0.3 is 4.42 Å². The summed E-state index contributed by atoms with van der Waals surface area (Å²) in [7, 11) is -1.49. The van der Waals surface area contributed by atoms with Gasteiger partial charge in [0.25, 0.3) is 0 Å². The highest BCUT2D eigenvalue weighted by atomic mass is 28.3. The third-order valence-corrected chi connectivity index (χ3v) is 7.07. The number of para-hydroxylation sites is 2.